The maximum Gasteiger partial charge on any atom is 0.254 e. The summed E-state index contributed by atoms with van der Waals surface area (Å²) in [6, 6.07) is 11.6. The van der Waals surface area contributed by atoms with Crippen molar-refractivity contribution in [3.05, 3.63) is 58.9 Å². The Morgan fingerprint density at radius 3 is 2.64 bits per heavy atom. The van der Waals surface area contributed by atoms with E-state index in [0.717, 1.165) is 35.1 Å². The molecular weight excluding hydrogens is 350 g/mol. The molecule has 1 saturated carbocycles. The maximum atomic E-state index is 13.3. The van der Waals surface area contributed by atoms with Crippen molar-refractivity contribution in [3.8, 4) is 6.07 Å². The molecule has 0 unspecified atom stereocenters. The van der Waals surface area contributed by atoms with Crippen molar-refractivity contribution < 1.29 is 4.79 Å². The van der Waals surface area contributed by atoms with Crippen molar-refractivity contribution in [1.82, 2.24) is 19.7 Å². The van der Waals surface area contributed by atoms with E-state index in [2.05, 4.69) is 25.0 Å². The lowest BCUT2D eigenvalue weighted by molar-refractivity contribution is 0.0787. The second-order valence-electron chi connectivity index (χ2n) is 7.76. The van der Waals surface area contributed by atoms with Crippen molar-refractivity contribution in [2.75, 3.05) is 7.05 Å². The minimum absolute atomic E-state index is 0.0398. The van der Waals surface area contributed by atoms with Crippen LogP contribution < -0.4 is 0 Å². The van der Waals surface area contributed by atoms with Gasteiger partial charge in [-0.2, -0.15) is 10.4 Å². The van der Waals surface area contributed by atoms with Crippen LogP contribution in [-0.4, -0.2) is 32.6 Å². The van der Waals surface area contributed by atoms with Crippen LogP contribution in [0.5, 0.6) is 0 Å². The van der Waals surface area contributed by atoms with Crippen molar-refractivity contribution >= 4 is 16.9 Å². The number of hydrogen-bond acceptors (Lipinski definition) is 4. The predicted molar refractivity (Wildman–Crippen MR) is 107 cm³/mol. The maximum absolute atomic E-state index is 13.3. The second-order valence-corrected chi connectivity index (χ2v) is 7.76. The van der Waals surface area contributed by atoms with Crippen LogP contribution in [0.15, 0.2) is 36.5 Å². The normalized spacial score (nSPS) is 13.7. The van der Waals surface area contributed by atoms with Gasteiger partial charge in [-0.1, -0.05) is 12.1 Å². The number of amides is 1. The highest BCUT2D eigenvalue weighted by atomic mass is 16.2. The van der Waals surface area contributed by atoms with E-state index in [4.69, 9.17) is 10.2 Å². The van der Waals surface area contributed by atoms with Crippen LogP contribution in [0.3, 0.4) is 0 Å². The van der Waals surface area contributed by atoms with Crippen LogP contribution in [0, 0.1) is 11.3 Å². The molecule has 0 bridgehead atoms. The highest BCUT2D eigenvalue weighted by Gasteiger charge is 2.29. The molecule has 1 aromatic carbocycles. The summed E-state index contributed by atoms with van der Waals surface area (Å²) in [4.78, 5) is 19.8. The summed E-state index contributed by atoms with van der Waals surface area (Å²) in [5.74, 6) is 0.414. The number of hydrogen-bond donors (Lipinski definition) is 0. The van der Waals surface area contributed by atoms with Gasteiger partial charge in [-0.05, 0) is 50.5 Å². The van der Waals surface area contributed by atoms with Crippen LogP contribution in [0.2, 0.25) is 0 Å². The Hall–Kier alpha value is -3.20. The van der Waals surface area contributed by atoms with E-state index >= 15 is 0 Å². The standard InChI is InChI=1S/C22H23N5O/c1-14(2)27-21-19(12-24-27)18(10-20(25-21)17-8-9-17)22(28)26(3)13-16-6-4-15(11-23)5-7-16/h4-7,10,12,14,17H,8-9,13H2,1-3H3. The predicted octanol–water partition coefficient (Wildman–Crippen LogP) is 4.03. The number of pyridine rings is 1. The molecule has 1 aliphatic carbocycles. The van der Waals surface area contributed by atoms with Crippen LogP contribution in [0.4, 0.5) is 0 Å². The van der Waals surface area contributed by atoms with Crippen molar-refractivity contribution in [2.45, 2.75) is 45.2 Å². The van der Waals surface area contributed by atoms with Crippen molar-refractivity contribution in [1.29, 1.82) is 5.26 Å². The number of aromatic nitrogens is 3. The fourth-order valence-electron chi connectivity index (χ4n) is 3.42. The van der Waals surface area contributed by atoms with Crippen molar-refractivity contribution in [2.24, 2.45) is 0 Å². The highest BCUT2D eigenvalue weighted by Crippen LogP contribution is 2.40. The lowest BCUT2D eigenvalue weighted by atomic mass is 10.1. The Balaban J connectivity index is 1.68. The van der Waals surface area contributed by atoms with Gasteiger partial charge in [0, 0.05) is 31.2 Å². The fraction of sp³-hybridized carbons (Fsp3) is 0.364. The minimum Gasteiger partial charge on any atom is -0.337 e. The summed E-state index contributed by atoms with van der Waals surface area (Å²) < 4.78 is 1.89. The zero-order valence-corrected chi connectivity index (χ0v) is 16.4. The van der Waals surface area contributed by atoms with Gasteiger partial charge in [0.2, 0.25) is 0 Å². The fourth-order valence-corrected chi connectivity index (χ4v) is 3.42. The minimum atomic E-state index is -0.0398. The molecule has 3 aromatic rings. The van der Waals surface area contributed by atoms with Gasteiger partial charge in [0.05, 0.1) is 28.8 Å². The molecule has 0 saturated heterocycles. The Morgan fingerprint density at radius 1 is 1.32 bits per heavy atom. The first-order valence-corrected chi connectivity index (χ1v) is 9.60. The van der Waals surface area contributed by atoms with E-state index in [1.807, 2.05) is 22.9 Å². The molecule has 0 aliphatic heterocycles. The number of carbonyl (C=O) groups is 1. The Labute approximate surface area is 164 Å². The van der Waals surface area contributed by atoms with E-state index in [9.17, 15) is 4.79 Å². The zero-order chi connectivity index (χ0) is 19.8. The quantitative estimate of drug-likeness (QED) is 0.677. The number of rotatable bonds is 5. The third-order valence-electron chi connectivity index (χ3n) is 5.15. The summed E-state index contributed by atoms with van der Waals surface area (Å²) in [5, 5.41) is 14.2. The molecule has 2 heterocycles. The molecule has 1 amide bonds. The van der Waals surface area contributed by atoms with E-state index < -0.39 is 0 Å². The van der Waals surface area contributed by atoms with Gasteiger partial charge in [0.25, 0.3) is 5.91 Å². The Bertz CT molecular complexity index is 1070. The lowest BCUT2D eigenvalue weighted by Crippen LogP contribution is -2.26. The van der Waals surface area contributed by atoms with Crippen molar-refractivity contribution in [3.63, 3.8) is 0 Å². The molecule has 142 valence electrons. The van der Waals surface area contributed by atoms with Gasteiger partial charge < -0.3 is 4.90 Å². The van der Waals surface area contributed by atoms with Gasteiger partial charge in [-0.3, -0.25) is 4.79 Å². The van der Waals surface area contributed by atoms with E-state index in [1.165, 1.54) is 0 Å². The third kappa shape index (κ3) is 3.36. The van der Waals surface area contributed by atoms with E-state index in [-0.39, 0.29) is 11.9 Å². The number of nitrogens with zero attached hydrogens (tertiary/aromatic N) is 5. The first-order chi connectivity index (χ1) is 13.5. The molecule has 6 nitrogen and oxygen atoms in total. The van der Waals surface area contributed by atoms with Crippen LogP contribution in [-0.2, 0) is 6.54 Å². The molecule has 1 fully saturated rings. The molecular formula is C22H23N5O. The number of benzene rings is 1. The van der Waals surface area contributed by atoms with Gasteiger partial charge in [-0.25, -0.2) is 9.67 Å². The summed E-state index contributed by atoms with van der Waals surface area (Å²) >= 11 is 0. The smallest absolute Gasteiger partial charge is 0.254 e. The van der Waals surface area contributed by atoms with E-state index in [1.54, 1.807) is 30.3 Å². The van der Waals surface area contributed by atoms with Gasteiger partial charge in [0.15, 0.2) is 5.65 Å². The van der Waals surface area contributed by atoms with Crippen LogP contribution >= 0.6 is 0 Å². The largest absolute Gasteiger partial charge is 0.337 e. The Kier molecular flexibility index (Phi) is 4.60. The molecule has 0 radical (unpaired) electrons. The molecule has 0 atom stereocenters. The third-order valence-corrected chi connectivity index (χ3v) is 5.15. The Morgan fingerprint density at radius 2 is 2.04 bits per heavy atom. The van der Waals surface area contributed by atoms with Crippen LogP contribution in [0.1, 0.15) is 65.8 Å². The first kappa shape index (κ1) is 18.2. The SMILES string of the molecule is CC(C)n1ncc2c(C(=O)N(C)Cc3ccc(C#N)cc3)cc(C3CC3)nc21. The second kappa shape index (κ2) is 7.08. The average molecular weight is 373 g/mol. The molecule has 0 N–H and O–H groups in total. The number of fused-ring (bicyclic) bond motifs is 1. The molecule has 2 aromatic heterocycles. The summed E-state index contributed by atoms with van der Waals surface area (Å²) in [6.45, 7) is 4.61. The van der Waals surface area contributed by atoms with Crippen LogP contribution in [0.25, 0.3) is 11.0 Å². The monoisotopic (exact) mass is 373 g/mol. The highest BCUT2D eigenvalue weighted by molar-refractivity contribution is 6.05. The molecule has 6 heteroatoms. The average Bonchev–Trinajstić information content (AvgIpc) is 3.46. The first-order valence-electron chi connectivity index (χ1n) is 9.60. The zero-order valence-electron chi connectivity index (χ0n) is 16.4. The van der Waals surface area contributed by atoms with Gasteiger partial charge in [0.1, 0.15) is 0 Å². The number of nitriles is 1. The van der Waals surface area contributed by atoms with Gasteiger partial charge in [-0.15, -0.1) is 0 Å². The molecule has 4 rings (SSSR count). The topological polar surface area (TPSA) is 74.8 Å². The van der Waals surface area contributed by atoms with E-state index in [0.29, 0.717) is 23.6 Å². The summed E-state index contributed by atoms with van der Waals surface area (Å²) in [7, 11) is 1.80. The molecule has 1 aliphatic rings. The summed E-state index contributed by atoms with van der Waals surface area (Å²) in [6.07, 6.45) is 4.01. The summed E-state index contributed by atoms with van der Waals surface area (Å²) in [5.41, 5.74) is 4.04. The molecule has 0 spiro atoms. The lowest BCUT2D eigenvalue weighted by Gasteiger charge is -2.18. The number of carbonyl (C=O) groups excluding carboxylic acids is 1. The molecule has 28 heavy (non-hydrogen) atoms. The van der Waals surface area contributed by atoms with Gasteiger partial charge >= 0.3 is 0 Å².